The van der Waals surface area contributed by atoms with Gasteiger partial charge in [0.1, 0.15) is 0 Å². The molecule has 0 aliphatic carbocycles. The van der Waals surface area contributed by atoms with Crippen LogP contribution in [-0.4, -0.2) is 21.5 Å². The zero-order valence-electron chi connectivity index (χ0n) is 11.5. The molecule has 0 unspecified atom stereocenters. The second kappa shape index (κ2) is 6.31. The molecule has 2 N–H and O–H groups in total. The van der Waals surface area contributed by atoms with Gasteiger partial charge in [0.2, 0.25) is 10.0 Å². The minimum absolute atomic E-state index is 0.378. The van der Waals surface area contributed by atoms with Crippen LogP contribution in [-0.2, 0) is 16.6 Å². The van der Waals surface area contributed by atoms with E-state index in [9.17, 15) is 8.42 Å². The van der Waals surface area contributed by atoms with Gasteiger partial charge in [0.15, 0.2) is 0 Å². The Bertz CT molecular complexity index is 510. The largest absolute Gasteiger partial charge is 0.313 e. The molecule has 0 spiro atoms. The van der Waals surface area contributed by atoms with Crippen LogP contribution in [0.5, 0.6) is 0 Å². The third-order valence-corrected chi connectivity index (χ3v) is 4.51. The van der Waals surface area contributed by atoms with E-state index in [1.54, 1.807) is 13.0 Å². The van der Waals surface area contributed by atoms with Crippen molar-refractivity contribution < 1.29 is 8.42 Å². The average molecular weight is 270 g/mol. The van der Waals surface area contributed by atoms with Crippen molar-refractivity contribution in [2.45, 2.75) is 39.1 Å². The first-order valence-electron chi connectivity index (χ1n) is 6.22. The van der Waals surface area contributed by atoms with E-state index in [1.807, 2.05) is 26.8 Å². The number of rotatable bonds is 6. The molecule has 1 rings (SSSR count). The minimum Gasteiger partial charge on any atom is -0.313 e. The molecule has 0 aliphatic heterocycles. The summed E-state index contributed by atoms with van der Waals surface area (Å²) in [6.45, 7) is 9.59. The van der Waals surface area contributed by atoms with Crippen molar-refractivity contribution >= 4 is 10.0 Å². The molecular formula is C13H22N2O2S. The quantitative estimate of drug-likeness (QED) is 0.827. The van der Waals surface area contributed by atoms with Crippen LogP contribution in [0.2, 0.25) is 0 Å². The molecule has 0 saturated carbocycles. The van der Waals surface area contributed by atoms with Crippen LogP contribution >= 0.6 is 0 Å². The summed E-state index contributed by atoms with van der Waals surface area (Å²) in [7, 11) is -3.38. The number of hydrogen-bond donors (Lipinski definition) is 2. The fourth-order valence-corrected chi connectivity index (χ4v) is 3.20. The van der Waals surface area contributed by atoms with Gasteiger partial charge in [-0.2, -0.15) is 0 Å². The number of nitrogens with one attached hydrogen (secondary N) is 2. The number of hydrogen-bond acceptors (Lipinski definition) is 3. The zero-order chi connectivity index (χ0) is 13.8. The lowest BCUT2D eigenvalue weighted by molar-refractivity contribution is 0.583. The first-order chi connectivity index (χ1) is 8.42. The van der Waals surface area contributed by atoms with E-state index in [1.165, 1.54) is 0 Å². The topological polar surface area (TPSA) is 58.2 Å². The van der Waals surface area contributed by atoms with Crippen molar-refractivity contribution in [2.75, 3.05) is 13.1 Å². The van der Waals surface area contributed by atoms with Gasteiger partial charge >= 0.3 is 0 Å². The molecule has 0 bridgehead atoms. The van der Waals surface area contributed by atoms with Crippen LogP contribution in [0.4, 0.5) is 0 Å². The normalized spacial score (nSPS) is 11.8. The molecule has 0 fully saturated rings. The molecule has 0 radical (unpaired) electrons. The van der Waals surface area contributed by atoms with Gasteiger partial charge < -0.3 is 5.32 Å². The van der Waals surface area contributed by atoms with Crippen LogP contribution in [0.25, 0.3) is 0 Å². The maximum absolute atomic E-state index is 12.1. The summed E-state index contributed by atoms with van der Waals surface area (Å²) in [5.74, 6) is 0. The van der Waals surface area contributed by atoms with Gasteiger partial charge in [0.05, 0.1) is 4.90 Å². The summed E-state index contributed by atoms with van der Waals surface area (Å²) >= 11 is 0. The van der Waals surface area contributed by atoms with E-state index in [-0.39, 0.29) is 0 Å². The van der Waals surface area contributed by atoms with Gasteiger partial charge in [0, 0.05) is 13.1 Å². The lowest BCUT2D eigenvalue weighted by Crippen LogP contribution is -2.24. The SMILES string of the molecule is CCNCc1cc(S(=O)(=O)NCC)c(C)cc1C. The van der Waals surface area contributed by atoms with Gasteiger partial charge in [-0.05, 0) is 43.1 Å². The third-order valence-electron chi connectivity index (χ3n) is 2.82. The molecule has 4 nitrogen and oxygen atoms in total. The van der Waals surface area contributed by atoms with E-state index in [0.29, 0.717) is 18.0 Å². The van der Waals surface area contributed by atoms with Crippen LogP contribution in [0.15, 0.2) is 17.0 Å². The third kappa shape index (κ3) is 3.54. The summed E-state index contributed by atoms with van der Waals surface area (Å²) in [5, 5.41) is 3.22. The molecular weight excluding hydrogens is 248 g/mol. The summed E-state index contributed by atoms with van der Waals surface area (Å²) in [6, 6.07) is 3.70. The summed E-state index contributed by atoms with van der Waals surface area (Å²) in [6.07, 6.45) is 0. The van der Waals surface area contributed by atoms with E-state index in [0.717, 1.165) is 23.2 Å². The molecule has 102 valence electrons. The van der Waals surface area contributed by atoms with Crippen LogP contribution in [0, 0.1) is 13.8 Å². The fraction of sp³-hybridized carbons (Fsp3) is 0.538. The summed E-state index contributed by atoms with van der Waals surface area (Å²) < 4.78 is 26.7. The van der Waals surface area contributed by atoms with E-state index in [2.05, 4.69) is 10.0 Å². The standard InChI is InChI=1S/C13H22N2O2S/c1-5-14-9-12-8-13(11(4)7-10(12)3)18(16,17)15-6-2/h7-8,14-15H,5-6,9H2,1-4H3. The Labute approximate surface area is 110 Å². The molecule has 0 aliphatic rings. The van der Waals surface area contributed by atoms with Gasteiger partial charge in [-0.25, -0.2) is 13.1 Å². The number of aryl methyl sites for hydroxylation is 2. The predicted octanol–water partition coefficient (Wildman–Crippen LogP) is 1.71. The molecule has 1 aromatic rings. The van der Waals surface area contributed by atoms with E-state index >= 15 is 0 Å². The smallest absolute Gasteiger partial charge is 0.240 e. The lowest BCUT2D eigenvalue weighted by atomic mass is 10.1. The molecule has 18 heavy (non-hydrogen) atoms. The van der Waals surface area contributed by atoms with Gasteiger partial charge in [0.25, 0.3) is 0 Å². The highest BCUT2D eigenvalue weighted by atomic mass is 32.2. The molecule has 0 heterocycles. The van der Waals surface area contributed by atoms with Gasteiger partial charge in [-0.1, -0.05) is 19.9 Å². The highest BCUT2D eigenvalue weighted by Gasteiger charge is 2.17. The van der Waals surface area contributed by atoms with Crippen LogP contribution < -0.4 is 10.0 Å². The second-order valence-electron chi connectivity index (χ2n) is 4.33. The molecule has 0 aromatic heterocycles. The van der Waals surface area contributed by atoms with Crippen molar-refractivity contribution in [3.8, 4) is 0 Å². The summed E-state index contributed by atoms with van der Waals surface area (Å²) in [4.78, 5) is 0.378. The molecule has 0 atom stereocenters. The van der Waals surface area contributed by atoms with E-state index in [4.69, 9.17) is 0 Å². The van der Waals surface area contributed by atoms with Crippen molar-refractivity contribution in [2.24, 2.45) is 0 Å². The summed E-state index contributed by atoms with van der Waals surface area (Å²) in [5.41, 5.74) is 2.93. The fourth-order valence-electron chi connectivity index (χ4n) is 1.88. The maximum atomic E-state index is 12.1. The zero-order valence-corrected chi connectivity index (χ0v) is 12.3. The lowest BCUT2D eigenvalue weighted by Gasteiger charge is -2.13. The van der Waals surface area contributed by atoms with Crippen molar-refractivity contribution in [1.29, 1.82) is 0 Å². The predicted molar refractivity (Wildman–Crippen MR) is 74.2 cm³/mol. The highest BCUT2D eigenvalue weighted by Crippen LogP contribution is 2.20. The highest BCUT2D eigenvalue weighted by molar-refractivity contribution is 7.89. The Kier molecular flexibility index (Phi) is 5.31. The second-order valence-corrected chi connectivity index (χ2v) is 6.06. The van der Waals surface area contributed by atoms with Gasteiger partial charge in [-0.3, -0.25) is 0 Å². The Hall–Kier alpha value is -0.910. The van der Waals surface area contributed by atoms with E-state index < -0.39 is 10.0 Å². The first-order valence-corrected chi connectivity index (χ1v) is 7.71. The molecule has 5 heteroatoms. The van der Waals surface area contributed by atoms with Crippen molar-refractivity contribution in [3.63, 3.8) is 0 Å². The van der Waals surface area contributed by atoms with Crippen LogP contribution in [0.1, 0.15) is 30.5 Å². The molecule has 1 aromatic carbocycles. The van der Waals surface area contributed by atoms with Crippen molar-refractivity contribution in [1.82, 2.24) is 10.0 Å². The maximum Gasteiger partial charge on any atom is 0.240 e. The Morgan fingerprint density at radius 2 is 1.72 bits per heavy atom. The Balaban J connectivity index is 3.20. The Morgan fingerprint density at radius 1 is 1.06 bits per heavy atom. The molecule has 0 amide bonds. The number of benzene rings is 1. The Morgan fingerprint density at radius 3 is 2.28 bits per heavy atom. The van der Waals surface area contributed by atoms with Crippen molar-refractivity contribution in [3.05, 3.63) is 28.8 Å². The average Bonchev–Trinajstić information content (AvgIpc) is 2.27. The van der Waals surface area contributed by atoms with Gasteiger partial charge in [-0.15, -0.1) is 0 Å². The van der Waals surface area contributed by atoms with Crippen LogP contribution in [0.3, 0.4) is 0 Å². The number of sulfonamides is 1. The molecule has 0 saturated heterocycles. The monoisotopic (exact) mass is 270 g/mol. The minimum atomic E-state index is -3.38. The first kappa shape index (κ1) is 15.1.